The highest BCUT2D eigenvalue weighted by Crippen LogP contribution is 2.35. The van der Waals surface area contributed by atoms with E-state index in [9.17, 15) is 38.7 Å². The van der Waals surface area contributed by atoms with Gasteiger partial charge < -0.3 is 36.4 Å². The fraction of sp³-hybridized carbons (Fsp3) is 0.639. The lowest BCUT2D eigenvalue weighted by molar-refractivity contribution is -0.142. The van der Waals surface area contributed by atoms with E-state index in [1.165, 1.54) is 0 Å². The number of amides is 5. The SMILES string of the molecule is CC(C)COC(=O)N[C@H](C(=O)N[C@@H](CC1CC1)C(=O)NC(CC1CC1)C(=O)C(=O)NCC(=O)N[C@H](C(=O)O)c1ccccc1)C1CCCCC1. The molecule has 0 spiro atoms. The molecule has 5 amide bonds. The first-order chi connectivity index (χ1) is 23.9. The number of ketones is 1. The summed E-state index contributed by atoms with van der Waals surface area (Å²) in [5.41, 5.74) is 0.336. The lowest BCUT2D eigenvalue weighted by Gasteiger charge is -2.31. The number of aliphatic carboxylic acids is 1. The van der Waals surface area contributed by atoms with E-state index in [0.29, 0.717) is 12.0 Å². The molecule has 0 heterocycles. The number of alkyl carbamates (subject to hydrolysis) is 1. The van der Waals surface area contributed by atoms with Gasteiger partial charge in [-0.25, -0.2) is 9.59 Å². The molecule has 0 aromatic heterocycles. The van der Waals surface area contributed by atoms with Crippen LogP contribution in [0.15, 0.2) is 30.3 Å². The van der Waals surface area contributed by atoms with Crippen molar-refractivity contribution in [3.05, 3.63) is 35.9 Å². The third-order valence-electron chi connectivity index (χ3n) is 9.34. The monoisotopic (exact) mass is 697 g/mol. The molecule has 1 aromatic rings. The second kappa shape index (κ2) is 18.5. The Morgan fingerprint density at radius 3 is 1.94 bits per heavy atom. The van der Waals surface area contributed by atoms with Crippen LogP contribution in [0.1, 0.15) is 96.1 Å². The van der Waals surface area contributed by atoms with Gasteiger partial charge >= 0.3 is 12.1 Å². The zero-order chi connectivity index (χ0) is 36.2. The van der Waals surface area contributed by atoms with E-state index in [1.54, 1.807) is 30.3 Å². The molecule has 3 aliphatic rings. The molecule has 4 atom stereocenters. The van der Waals surface area contributed by atoms with Crippen LogP contribution in [-0.2, 0) is 33.5 Å². The summed E-state index contributed by atoms with van der Waals surface area (Å²) in [6, 6.07) is 3.61. The van der Waals surface area contributed by atoms with Gasteiger partial charge in [-0.05, 0) is 54.9 Å². The van der Waals surface area contributed by atoms with Crippen molar-refractivity contribution in [1.82, 2.24) is 26.6 Å². The molecule has 0 aliphatic heterocycles. The number of benzene rings is 1. The van der Waals surface area contributed by atoms with Crippen LogP contribution in [0.3, 0.4) is 0 Å². The highest BCUT2D eigenvalue weighted by atomic mass is 16.5. The van der Waals surface area contributed by atoms with Crippen molar-refractivity contribution < 1.29 is 43.4 Å². The summed E-state index contributed by atoms with van der Waals surface area (Å²) in [5.74, 6) is -4.90. The van der Waals surface area contributed by atoms with Crippen LogP contribution in [-0.4, -0.2) is 77.9 Å². The van der Waals surface area contributed by atoms with Gasteiger partial charge in [-0.3, -0.25) is 24.0 Å². The van der Waals surface area contributed by atoms with Gasteiger partial charge in [-0.2, -0.15) is 0 Å². The first-order valence-corrected chi connectivity index (χ1v) is 17.8. The minimum absolute atomic E-state index is 0.115. The van der Waals surface area contributed by atoms with Crippen LogP contribution in [0.2, 0.25) is 0 Å². The molecule has 3 fully saturated rings. The number of carbonyl (C=O) groups is 7. The summed E-state index contributed by atoms with van der Waals surface area (Å²) >= 11 is 0. The molecule has 0 bridgehead atoms. The molecule has 1 unspecified atom stereocenters. The fourth-order valence-corrected chi connectivity index (χ4v) is 6.20. The molecular formula is C36H51N5O9. The number of ether oxygens (including phenoxy) is 1. The van der Waals surface area contributed by atoms with Gasteiger partial charge in [0.05, 0.1) is 19.2 Å². The molecule has 4 rings (SSSR count). The number of carboxylic acid groups (broad SMARTS) is 1. The summed E-state index contributed by atoms with van der Waals surface area (Å²) in [7, 11) is 0. The normalized spacial score (nSPS) is 18.5. The number of rotatable bonds is 19. The molecule has 274 valence electrons. The second-order valence-corrected chi connectivity index (χ2v) is 14.3. The van der Waals surface area contributed by atoms with E-state index in [2.05, 4.69) is 26.6 Å². The number of Topliss-reactive ketones (excluding diaryl/α,β-unsaturated/α-hetero) is 1. The van der Waals surface area contributed by atoms with E-state index in [4.69, 9.17) is 4.74 Å². The minimum Gasteiger partial charge on any atom is -0.479 e. The summed E-state index contributed by atoms with van der Waals surface area (Å²) in [4.78, 5) is 90.6. The van der Waals surface area contributed by atoms with E-state index >= 15 is 0 Å². The van der Waals surface area contributed by atoms with Gasteiger partial charge in [0.1, 0.15) is 12.1 Å². The fourth-order valence-electron chi connectivity index (χ4n) is 6.20. The van der Waals surface area contributed by atoms with Crippen molar-refractivity contribution in [3.63, 3.8) is 0 Å². The van der Waals surface area contributed by atoms with E-state index in [-0.39, 0.29) is 36.7 Å². The third kappa shape index (κ3) is 12.4. The van der Waals surface area contributed by atoms with E-state index in [0.717, 1.165) is 57.8 Å². The summed E-state index contributed by atoms with van der Waals surface area (Å²) in [6.07, 6.45) is 7.71. The van der Waals surface area contributed by atoms with Crippen LogP contribution >= 0.6 is 0 Å². The first kappa shape index (κ1) is 38.3. The van der Waals surface area contributed by atoms with Gasteiger partial charge in [0.2, 0.25) is 23.5 Å². The lowest BCUT2D eigenvalue weighted by Crippen LogP contribution is -2.58. The van der Waals surface area contributed by atoms with Gasteiger partial charge in [-0.1, -0.05) is 89.1 Å². The van der Waals surface area contributed by atoms with Crippen LogP contribution in [0.25, 0.3) is 0 Å². The largest absolute Gasteiger partial charge is 0.479 e. The van der Waals surface area contributed by atoms with E-state index < -0.39 is 72.2 Å². The smallest absolute Gasteiger partial charge is 0.407 e. The molecule has 3 aliphatic carbocycles. The highest BCUT2D eigenvalue weighted by molar-refractivity contribution is 6.38. The Labute approximate surface area is 292 Å². The maximum absolute atomic E-state index is 13.7. The zero-order valence-electron chi connectivity index (χ0n) is 28.9. The Bertz CT molecular complexity index is 1370. The summed E-state index contributed by atoms with van der Waals surface area (Å²) in [5, 5.41) is 22.4. The first-order valence-electron chi connectivity index (χ1n) is 17.8. The Balaban J connectivity index is 1.38. The van der Waals surface area contributed by atoms with Crippen molar-refractivity contribution in [3.8, 4) is 0 Å². The summed E-state index contributed by atoms with van der Waals surface area (Å²) in [6.45, 7) is 3.36. The minimum atomic E-state index is -1.35. The molecule has 14 nitrogen and oxygen atoms in total. The number of carboxylic acids is 1. The number of carbonyl (C=O) groups excluding carboxylic acids is 6. The number of hydrogen-bond acceptors (Lipinski definition) is 8. The van der Waals surface area contributed by atoms with Crippen LogP contribution < -0.4 is 26.6 Å². The van der Waals surface area contributed by atoms with Crippen LogP contribution in [0, 0.1) is 23.7 Å². The van der Waals surface area contributed by atoms with Gasteiger partial charge in [0.25, 0.3) is 5.91 Å². The van der Waals surface area contributed by atoms with E-state index in [1.807, 2.05) is 13.8 Å². The van der Waals surface area contributed by atoms with Gasteiger partial charge in [-0.15, -0.1) is 0 Å². The van der Waals surface area contributed by atoms with Crippen molar-refractivity contribution in [2.24, 2.45) is 23.7 Å². The molecular weight excluding hydrogens is 646 g/mol. The highest BCUT2D eigenvalue weighted by Gasteiger charge is 2.39. The molecule has 3 saturated carbocycles. The van der Waals surface area contributed by atoms with Crippen molar-refractivity contribution >= 4 is 41.5 Å². The molecule has 1 aromatic carbocycles. The van der Waals surface area contributed by atoms with Gasteiger partial charge in [0, 0.05) is 0 Å². The molecule has 0 radical (unpaired) electrons. The Hall–Kier alpha value is -4.49. The predicted octanol–water partition coefficient (Wildman–Crippen LogP) is 2.51. The average Bonchev–Trinajstić information content (AvgIpc) is 4.04. The topological polar surface area (TPSA) is 209 Å². The van der Waals surface area contributed by atoms with Gasteiger partial charge in [0.15, 0.2) is 6.04 Å². The van der Waals surface area contributed by atoms with Crippen LogP contribution in [0.4, 0.5) is 4.79 Å². The quantitative estimate of drug-likeness (QED) is 0.117. The van der Waals surface area contributed by atoms with Crippen molar-refractivity contribution in [1.29, 1.82) is 0 Å². The zero-order valence-corrected chi connectivity index (χ0v) is 28.9. The molecule has 14 heteroatoms. The molecule has 6 N–H and O–H groups in total. The predicted molar refractivity (Wildman–Crippen MR) is 181 cm³/mol. The third-order valence-corrected chi connectivity index (χ3v) is 9.34. The van der Waals surface area contributed by atoms with Crippen molar-refractivity contribution in [2.45, 2.75) is 109 Å². The number of nitrogens with one attached hydrogen (secondary N) is 5. The standard InChI is InChI=1S/C36H51N5O9/c1-21(2)20-50-36(49)41-29(24-9-5-3-6-10-24)33(45)39-27(18-23-15-16-23)32(44)38-26(17-22-13-14-22)31(43)34(46)37-19-28(42)40-30(35(47)48)25-11-7-4-8-12-25/h4,7-8,11-12,21-24,26-27,29-30H,3,5-6,9-10,13-20H2,1-2H3,(H,37,46)(H,38,44)(H,39,45)(H,40,42)(H,41,49)(H,47,48)/t26?,27-,29-,30-/m0/s1. The Morgan fingerprint density at radius 1 is 0.760 bits per heavy atom. The average molecular weight is 698 g/mol. The maximum atomic E-state index is 13.7. The van der Waals surface area contributed by atoms with Crippen LogP contribution in [0.5, 0.6) is 0 Å². The molecule has 0 saturated heterocycles. The summed E-state index contributed by atoms with van der Waals surface area (Å²) < 4.78 is 5.29. The lowest BCUT2D eigenvalue weighted by atomic mass is 9.83. The Kier molecular flexibility index (Phi) is 14.2. The molecule has 50 heavy (non-hydrogen) atoms. The maximum Gasteiger partial charge on any atom is 0.407 e. The second-order valence-electron chi connectivity index (χ2n) is 14.3. The Morgan fingerprint density at radius 2 is 1.36 bits per heavy atom. The van der Waals surface area contributed by atoms with Crippen molar-refractivity contribution in [2.75, 3.05) is 13.2 Å². The number of hydrogen-bond donors (Lipinski definition) is 6.